The number of hydrogen-bond donors (Lipinski definition) is 16. The van der Waals surface area contributed by atoms with Crippen LogP contribution in [0.25, 0.3) is 0 Å². The van der Waals surface area contributed by atoms with E-state index in [-0.39, 0.29) is 69.9 Å². The first-order valence-electron chi connectivity index (χ1n) is 22.1. The molecule has 1 aromatic carbocycles. The predicted molar refractivity (Wildman–Crippen MR) is 241 cm³/mol. The lowest BCUT2D eigenvalue weighted by Crippen LogP contribution is -2.57. The number of guanidine groups is 1. The van der Waals surface area contributed by atoms with Crippen LogP contribution in [0.4, 0.5) is 0 Å². The number of benzene rings is 1. The van der Waals surface area contributed by atoms with E-state index in [4.69, 9.17) is 28.3 Å². The standard InChI is InChI=1S/C41H68N14O12/c42-15-3-1-7-26(35(61)48-21-33(59)50-29(19-24-11-13-25(57)14-12-24)37(63)54-28(40(66)67)8-2-4-16-43)53-39(65)31-10-6-18-55(31)34(60)22-49-36(62)27(9-5-17-47-41(45)46)52-38(64)30(23-56)51-32(58)20-44/h11-14,26-31,56-57H,1-10,15-23,42-44H2,(H,48,61)(H,49,62)(H,50,59)(H,51,58)(H,52,64)(H,53,65)(H,54,63)(H,66,67)(H4,45,46,47)/t26-,27-,28-,29-,30-,31-/m0/s1. The molecule has 0 radical (unpaired) electrons. The highest BCUT2D eigenvalue weighted by Gasteiger charge is 2.37. The predicted octanol–water partition coefficient (Wildman–Crippen LogP) is -5.86. The van der Waals surface area contributed by atoms with Crippen molar-refractivity contribution in [1.82, 2.24) is 47.4 Å². The van der Waals surface area contributed by atoms with Crippen molar-refractivity contribution in [3.8, 4) is 5.75 Å². The van der Waals surface area contributed by atoms with E-state index in [0.29, 0.717) is 44.2 Å². The lowest BCUT2D eigenvalue weighted by molar-refractivity contribution is -0.142. The summed E-state index contributed by atoms with van der Waals surface area (Å²) >= 11 is 0. The maximum absolute atomic E-state index is 13.7. The van der Waals surface area contributed by atoms with Crippen molar-refractivity contribution in [3.05, 3.63) is 29.8 Å². The molecule has 26 nitrogen and oxygen atoms in total. The number of phenols is 1. The molecule has 0 spiro atoms. The second-order valence-electron chi connectivity index (χ2n) is 15.8. The number of carbonyl (C=O) groups is 9. The summed E-state index contributed by atoms with van der Waals surface area (Å²) in [5.41, 5.74) is 22.3. The summed E-state index contributed by atoms with van der Waals surface area (Å²) < 4.78 is 0. The molecule has 20 N–H and O–H groups in total. The van der Waals surface area contributed by atoms with Gasteiger partial charge in [-0.3, -0.25) is 43.8 Å². The first-order valence-corrected chi connectivity index (χ1v) is 22.1. The summed E-state index contributed by atoms with van der Waals surface area (Å²) in [5.74, 6) is -7.81. The van der Waals surface area contributed by atoms with Gasteiger partial charge in [-0.2, -0.15) is 0 Å². The van der Waals surface area contributed by atoms with Gasteiger partial charge in [0.2, 0.25) is 47.3 Å². The van der Waals surface area contributed by atoms with E-state index in [9.17, 15) is 58.5 Å². The Bertz CT molecular complexity index is 1840. The van der Waals surface area contributed by atoms with Crippen LogP contribution in [-0.2, 0) is 49.6 Å². The average molecular weight is 949 g/mol. The van der Waals surface area contributed by atoms with Gasteiger partial charge in [-0.25, -0.2) is 4.79 Å². The first kappa shape index (κ1) is 56.5. The van der Waals surface area contributed by atoms with Gasteiger partial charge in [-0.1, -0.05) is 12.1 Å². The van der Waals surface area contributed by atoms with Crippen molar-refractivity contribution in [2.24, 2.45) is 22.9 Å². The molecule has 374 valence electrons. The van der Waals surface area contributed by atoms with E-state index in [1.807, 2.05) is 0 Å². The third kappa shape index (κ3) is 21.0. The highest BCUT2D eigenvalue weighted by Crippen LogP contribution is 2.18. The van der Waals surface area contributed by atoms with Gasteiger partial charge in [-0.05, 0) is 95.0 Å². The second-order valence-corrected chi connectivity index (χ2v) is 15.8. The topological polar surface area (TPSA) is 442 Å². The van der Waals surface area contributed by atoms with Crippen LogP contribution in [0.1, 0.15) is 69.8 Å². The first-order chi connectivity index (χ1) is 31.9. The molecule has 2 rings (SSSR count). The molecule has 67 heavy (non-hydrogen) atoms. The number of hydrogen-bond acceptors (Lipinski definition) is 15. The molecule has 1 aromatic rings. The third-order valence-corrected chi connectivity index (χ3v) is 10.5. The largest absolute Gasteiger partial charge is 0.508 e. The van der Waals surface area contributed by atoms with Crippen LogP contribution < -0.4 is 65.5 Å². The highest BCUT2D eigenvalue weighted by molar-refractivity contribution is 5.97. The second kappa shape index (κ2) is 30.5. The van der Waals surface area contributed by atoms with Gasteiger partial charge in [0, 0.05) is 19.5 Å². The Kier molecular flexibility index (Phi) is 25.8. The van der Waals surface area contributed by atoms with E-state index < -0.39 is 116 Å². The van der Waals surface area contributed by atoms with E-state index in [1.165, 1.54) is 29.2 Å². The van der Waals surface area contributed by atoms with Gasteiger partial charge < -0.3 is 85.7 Å². The maximum Gasteiger partial charge on any atom is 0.326 e. The number of aliphatic carboxylic acids is 1. The number of phenolic OH excluding ortho intramolecular Hbond substituents is 1. The zero-order valence-corrected chi connectivity index (χ0v) is 37.5. The number of aliphatic hydroxyl groups is 1. The highest BCUT2D eigenvalue weighted by atomic mass is 16.4. The number of aliphatic hydroxyl groups excluding tert-OH is 1. The van der Waals surface area contributed by atoms with E-state index >= 15 is 0 Å². The van der Waals surface area contributed by atoms with Crippen molar-refractivity contribution in [1.29, 1.82) is 5.41 Å². The summed E-state index contributed by atoms with van der Waals surface area (Å²) in [6, 6.07) is -1.71. The number of aromatic hydroxyl groups is 1. The summed E-state index contributed by atoms with van der Waals surface area (Å²) in [7, 11) is 0. The quantitative estimate of drug-likeness (QED) is 0.0187. The van der Waals surface area contributed by atoms with Gasteiger partial charge in [0.25, 0.3) is 0 Å². The number of likely N-dealkylation sites (tertiary alicyclic amines) is 1. The molecule has 1 fully saturated rings. The van der Waals surface area contributed by atoms with Crippen LogP contribution in [0.3, 0.4) is 0 Å². The normalized spacial score (nSPS) is 15.3. The maximum atomic E-state index is 13.7. The van der Waals surface area contributed by atoms with Crippen LogP contribution in [0.2, 0.25) is 0 Å². The minimum absolute atomic E-state index is 0.0159. The Balaban J connectivity index is 2.13. The van der Waals surface area contributed by atoms with Gasteiger partial charge in [-0.15, -0.1) is 0 Å². The van der Waals surface area contributed by atoms with Gasteiger partial charge in [0.1, 0.15) is 42.0 Å². The summed E-state index contributed by atoms with van der Waals surface area (Å²) in [6.07, 6.45) is 2.74. The number of carboxylic acid groups (broad SMARTS) is 1. The van der Waals surface area contributed by atoms with Gasteiger partial charge in [0.05, 0.1) is 26.2 Å². The van der Waals surface area contributed by atoms with Gasteiger partial charge in [0.15, 0.2) is 5.96 Å². The SMILES string of the molecule is N=C(N)NCCC[C@H](NC(=O)[C@H](CO)NC(=O)CN)C(=O)NCC(=O)N1CCC[C@H]1C(=O)N[C@@H](CCCCN)C(=O)NCC(=O)N[C@@H](Cc1ccc(O)cc1)C(=O)N[C@@H](CCCCN)C(=O)O. The summed E-state index contributed by atoms with van der Waals surface area (Å²) in [5, 5.41) is 56.2. The Labute approximate surface area is 387 Å². The van der Waals surface area contributed by atoms with Crippen LogP contribution in [0.5, 0.6) is 5.75 Å². The number of carbonyl (C=O) groups excluding carboxylic acids is 8. The Morgan fingerprint density at radius 1 is 0.672 bits per heavy atom. The molecule has 0 aromatic heterocycles. The fourth-order valence-electron chi connectivity index (χ4n) is 6.91. The van der Waals surface area contributed by atoms with Gasteiger partial charge >= 0.3 is 5.97 Å². The molecule has 1 saturated heterocycles. The van der Waals surface area contributed by atoms with Crippen LogP contribution >= 0.6 is 0 Å². The number of unbranched alkanes of at least 4 members (excludes halogenated alkanes) is 2. The molecular weight excluding hydrogens is 881 g/mol. The molecule has 1 heterocycles. The Morgan fingerprint density at radius 2 is 1.22 bits per heavy atom. The monoisotopic (exact) mass is 949 g/mol. The Hall–Kier alpha value is -6.64. The smallest absolute Gasteiger partial charge is 0.326 e. The number of rotatable bonds is 31. The number of nitrogens with zero attached hydrogens (tertiary/aromatic N) is 1. The van der Waals surface area contributed by atoms with E-state index in [1.54, 1.807) is 0 Å². The summed E-state index contributed by atoms with van der Waals surface area (Å²) in [6.45, 7) is -1.62. The lowest BCUT2D eigenvalue weighted by atomic mass is 10.0. The van der Waals surface area contributed by atoms with Crippen molar-refractivity contribution in [3.63, 3.8) is 0 Å². The molecular formula is C41H68N14O12. The zero-order chi connectivity index (χ0) is 49.9. The van der Waals surface area contributed by atoms with E-state index in [0.717, 1.165) is 0 Å². The molecule has 0 saturated carbocycles. The molecule has 0 unspecified atom stereocenters. The third-order valence-electron chi connectivity index (χ3n) is 10.5. The molecule has 0 bridgehead atoms. The number of amides is 8. The fourth-order valence-corrected chi connectivity index (χ4v) is 6.91. The molecule has 1 aliphatic heterocycles. The van der Waals surface area contributed by atoms with Crippen LogP contribution in [-0.4, -0.2) is 168 Å². The van der Waals surface area contributed by atoms with Crippen molar-refractivity contribution in [2.45, 2.75) is 107 Å². The van der Waals surface area contributed by atoms with E-state index in [2.05, 4.69) is 42.5 Å². The summed E-state index contributed by atoms with van der Waals surface area (Å²) in [4.78, 5) is 118. The minimum atomic E-state index is -1.43. The molecule has 6 atom stereocenters. The minimum Gasteiger partial charge on any atom is -0.508 e. The number of carboxylic acids is 1. The lowest BCUT2D eigenvalue weighted by Gasteiger charge is -2.27. The Morgan fingerprint density at radius 3 is 1.81 bits per heavy atom. The van der Waals surface area contributed by atoms with Crippen molar-refractivity contribution in [2.75, 3.05) is 52.4 Å². The van der Waals surface area contributed by atoms with Crippen molar-refractivity contribution < 1.29 is 58.5 Å². The fraction of sp³-hybridized carbons (Fsp3) is 0.610. The molecule has 8 amide bonds. The number of nitrogens with two attached hydrogens (primary N) is 4. The zero-order valence-electron chi connectivity index (χ0n) is 37.5. The molecule has 1 aliphatic rings. The average Bonchev–Trinajstić information content (AvgIpc) is 3.80. The molecule has 0 aliphatic carbocycles. The molecule has 26 heteroatoms. The number of nitrogens with one attached hydrogen (secondary N) is 9. The van der Waals surface area contributed by atoms with Crippen LogP contribution in [0.15, 0.2) is 24.3 Å². The van der Waals surface area contributed by atoms with Crippen LogP contribution in [0, 0.1) is 5.41 Å². The van der Waals surface area contributed by atoms with Crippen molar-refractivity contribution >= 4 is 59.2 Å².